The van der Waals surface area contributed by atoms with Crippen LogP contribution < -0.4 is 16.4 Å². The average Bonchev–Trinajstić information content (AvgIpc) is 3.04. The Balaban J connectivity index is 0.000000388. The second-order valence-electron chi connectivity index (χ2n) is 9.60. The van der Waals surface area contributed by atoms with Crippen molar-refractivity contribution in [1.82, 2.24) is 14.9 Å². The Morgan fingerprint density at radius 3 is 2.50 bits per heavy atom. The second kappa shape index (κ2) is 16.3. The van der Waals surface area contributed by atoms with Crippen LogP contribution in [0.2, 0.25) is 5.02 Å². The van der Waals surface area contributed by atoms with Gasteiger partial charge in [-0.25, -0.2) is 12.7 Å². The van der Waals surface area contributed by atoms with Crippen LogP contribution in [0.4, 0.5) is 0 Å². The molecule has 36 heavy (non-hydrogen) atoms. The molecule has 0 radical (unpaired) electrons. The molecule has 4 N–H and O–H groups in total. The highest BCUT2D eigenvalue weighted by Gasteiger charge is 2.32. The molecule has 1 aromatic carbocycles. The number of hydrogen-bond donors (Lipinski definition) is 3. The van der Waals surface area contributed by atoms with Gasteiger partial charge < -0.3 is 16.4 Å². The van der Waals surface area contributed by atoms with Crippen molar-refractivity contribution >= 4 is 27.7 Å². The predicted molar refractivity (Wildman–Crippen MR) is 155 cm³/mol. The number of nitrogens with one attached hydrogen (secondary N) is 2. The molecule has 2 aliphatic rings. The maximum Gasteiger partial charge on any atom is 0.211 e. The lowest BCUT2D eigenvalue weighted by atomic mass is 9.76. The molecule has 1 heterocycles. The van der Waals surface area contributed by atoms with Gasteiger partial charge in [-0.05, 0) is 118 Å². The third-order valence-corrected chi connectivity index (χ3v) is 8.33. The van der Waals surface area contributed by atoms with Gasteiger partial charge in [0.1, 0.15) is 0 Å². The van der Waals surface area contributed by atoms with Gasteiger partial charge in [0.15, 0.2) is 0 Å². The van der Waals surface area contributed by atoms with E-state index in [-0.39, 0.29) is 0 Å². The van der Waals surface area contributed by atoms with Crippen LogP contribution in [0.15, 0.2) is 48.2 Å². The number of allylic oxidation sites excluding steroid dienone is 4. The van der Waals surface area contributed by atoms with Crippen molar-refractivity contribution in [3.05, 3.63) is 64.3 Å². The van der Waals surface area contributed by atoms with Crippen molar-refractivity contribution in [3.63, 3.8) is 0 Å². The van der Waals surface area contributed by atoms with Crippen LogP contribution in [-0.4, -0.2) is 58.8 Å². The first kappa shape index (κ1) is 30.6. The van der Waals surface area contributed by atoms with Crippen molar-refractivity contribution in [2.75, 3.05) is 46.0 Å². The highest BCUT2D eigenvalue weighted by Crippen LogP contribution is 2.42. The smallest absolute Gasteiger partial charge is 0.211 e. The van der Waals surface area contributed by atoms with Gasteiger partial charge in [0.05, 0.1) is 6.26 Å². The summed E-state index contributed by atoms with van der Waals surface area (Å²) in [4.78, 5) is 0. The third-order valence-electron chi connectivity index (χ3n) is 6.80. The molecule has 3 rings (SSSR count). The fraction of sp³-hybridized carbons (Fsp3) is 0.571. The lowest BCUT2D eigenvalue weighted by Crippen LogP contribution is -2.39. The number of rotatable bonds is 10. The summed E-state index contributed by atoms with van der Waals surface area (Å²) >= 11 is 6.20. The maximum absolute atomic E-state index is 11.8. The number of unbranched alkanes of at least 4 members (excludes halogenated alkanes) is 1. The highest BCUT2D eigenvalue weighted by atomic mass is 35.5. The molecule has 1 fully saturated rings. The monoisotopic (exact) mass is 536 g/mol. The van der Waals surface area contributed by atoms with E-state index in [2.05, 4.69) is 35.8 Å². The van der Waals surface area contributed by atoms with Gasteiger partial charge in [-0.3, -0.25) is 0 Å². The summed E-state index contributed by atoms with van der Waals surface area (Å²) in [6.07, 6.45) is 17.5. The van der Waals surface area contributed by atoms with Crippen LogP contribution in [-0.2, 0) is 10.0 Å². The number of nitrogens with two attached hydrogens (primary N) is 1. The molecule has 0 bridgehead atoms. The predicted octanol–water partition coefficient (Wildman–Crippen LogP) is 4.90. The Hall–Kier alpha value is -1.64. The quantitative estimate of drug-likeness (QED) is 0.370. The average molecular weight is 537 g/mol. The zero-order valence-electron chi connectivity index (χ0n) is 22.2. The molecule has 0 amide bonds. The van der Waals surface area contributed by atoms with E-state index in [0.717, 1.165) is 36.4 Å². The summed E-state index contributed by atoms with van der Waals surface area (Å²) in [5.74, 6) is 0.787. The molecule has 202 valence electrons. The molecule has 1 saturated heterocycles. The van der Waals surface area contributed by atoms with E-state index in [9.17, 15) is 8.42 Å². The molecule has 8 heteroatoms. The SMILES string of the molecule is CCCNCCCCNC.CS(=O)(=O)N1CCC(C2C/C(=C\C=C/N)C=Cc3cc(Cl)ccc32)CC1. The number of hydrogen-bond acceptors (Lipinski definition) is 5. The first-order chi connectivity index (χ1) is 17.3. The topological polar surface area (TPSA) is 87.5 Å². The van der Waals surface area contributed by atoms with Crippen molar-refractivity contribution in [2.24, 2.45) is 11.7 Å². The fourth-order valence-corrected chi connectivity index (χ4v) is 5.90. The Bertz CT molecular complexity index is 975. The molecule has 1 aromatic rings. The summed E-state index contributed by atoms with van der Waals surface area (Å²) in [5, 5.41) is 7.23. The van der Waals surface area contributed by atoms with Gasteiger partial charge in [0.2, 0.25) is 10.0 Å². The van der Waals surface area contributed by atoms with Crippen LogP contribution in [0.25, 0.3) is 6.08 Å². The Labute approximate surface area is 224 Å². The number of sulfonamides is 1. The second-order valence-corrected chi connectivity index (χ2v) is 12.0. The van der Waals surface area contributed by atoms with Crippen molar-refractivity contribution in [2.45, 2.75) is 51.4 Å². The van der Waals surface area contributed by atoms with Gasteiger partial charge >= 0.3 is 0 Å². The molecule has 6 nitrogen and oxygen atoms in total. The van der Waals surface area contributed by atoms with Crippen molar-refractivity contribution in [1.29, 1.82) is 0 Å². The number of fused-ring (bicyclic) bond motifs is 1. The molecule has 1 unspecified atom stereocenters. The van der Waals surface area contributed by atoms with Gasteiger partial charge in [0.25, 0.3) is 0 Å². The number of nitrogens with zero attached hydrogens (tertiary/aromatic N) is 1. The van der Waals surface area contributed by atoms with Crippen LogP contribution in [0, 0.1) is 5.92 Å². The van der Waals surface area contributed by atoms with E-state index < -0.39 is 10.0 Å². The first-order valence-electron chi connectivity index (χ1n) is 13.2. The van der Waals surface area contributed by atoms with E-state index in [1.54, 1.807) is 4.31 Å². The zero-order chi connectivity index (χ0) is 26.4. The number of halogens is 1. The Kier molecular flexibility index (Phi) is 13.8. The van der Waals surface area contributed by atoms with E-state index in [0.29, 0.717) is 24.9 Å². The molecular weight excluding hydrogens is 492 g/mol. The summed E-state index contributed by atoms with van der Waals surface area (Å²) in [6.45, 7) is 6.87. The normalized spacial score (nSPS) is 20.2. The van der Waals surface area contributed by atoms with Gasteiger partial charge in [-0.2, -0.15) is 0 Å². The first-order valence-corrected chi connectivity index (χ1v) is 15.4. The van der Waals surface area contributed by atoms with E-state index in [1.807, 2.05) is 31.3 Å². The summed E-state index contributed by atoms with van der Waals surface area (Å²) in [6, 6.07) is 6.08. The minimum absolute atomic E-state index is 0.344. The van der Waals surface area contributed by atoms with E-state index >= 15 is 0 Å². The minimum Gasteiger partial charge on any atom is -0.405 e. The Morgan fingerprint density at radius 1 is 1.14 bits per heavy atom. The molecule has 1 aliphatic heterocycles. The van der Waals surface area contributed by atoms with E-state index in [4.69, 9.17) is 17.3 Å². The molecule has 0 spiro atoms. The van der Waals surface area contributed by atoms with Crippen molar-refractivity contribution < 1.29 is 8.42 Å². The lowest BCUT2D eigenvalue weighted by Gasteiger charge is -2.35. The van der Waals surface area contributed by atoms with Gasteiger partial charge in [-0.15, -0.1) is 0 Å². The lowest BCUT2D eigenvalue weighted by molar-refractivity contribution is 0.243. The largest absolute Gasteiger partial charge is 0.405 e. The van der Waals surface area contributed by atoms with Crippen LogP contribution in [0.5, 0.6) is 0 Å². The highest BCUT2D eigenvalue weighted by molar-refractivity contribution is 7.88. The van der Waals surface area contributed by atoms with Crippen molar-refractivity contribution in [3.8, 4) is 0 Å². The van der Waals surface area contributed by atoms with Gasteiger partial charge in [-0.1, -0.05) is 42.8 Å². The molecule has 0 aromatic heterocycles. The summed E-state index contributed by atoms with van der Waals surface area (Å²) in [5.41, 5.74) is 9.15. The van der Waals surface area contributed by atoms with Crippen LogP contribution in [0.3, 0.4) is 0 Å². The third kappa shape index (κ3) is 10.4. The molecular formula is C28H45ClN4O2S. The molecule has 1 aliphatic carbocycles. The zero-order valence-corrected chi connectivity index (χ0v) is 23.8. The minimum atomic E-state index is -3.11. The molecule has 1 atom stereocenters. The molecule has 0 saturated carbocycles. The number of piperidine rings is 1. The maximum atomic E-state index is 11.8. The summed E-state index contributed by atoms with van der Waals surface area (Å²) < 4.78 is 25.2. The Morgan fingerprint density at radius 2 is 1.86 bits per heavy atom. The van der Waals surface area contributed by atoms with E-state index in [1.165, 1.54) is 55.9 Å². The van der Waals surface area contributed by atoms with Crippen LogP contribution >= 0.6 is 11.6 Å². The number of benzene rings is 1. The van der Waals surface area contributed by atoms with Crippen LogP contribution in [0.1, 0.15) is 62.5 Å². The standard InChI is InChI=1S/C20H25ClN2O2S.C8H20N2/c1-26(24,25)23-11-8-16(9-12-23)20-13-15(3-2-10-22)4-5-17-14-18(21)6-7-19(17)20;1-3-6-10-8-5-4-7-9-2/h2-7,10,14,16,20H,8-9,11-13,22H2,1H3;9-10H,3-8H2,1-2H3/b10-2-,15-3-;. The van der Waals surface area contributed by atoms with Gasteiger partial charge in [0, 0.05) is 18.1 Å². The summed E-state index contributed by atoms with van der Waals surface area (Å²) in [7, 11) is -1.11. The fourth-order valence-electron chi connectivity index (χ4n) is 4.84.